The van der Waals surface area contributed by atoms with E-state index < -0.39 is 0 Å². The van der Waals surface area contributed by atoms with E-state index >= 15 is 0 Å². The van der Waals surface area contributed by atoms with Crippen LogP contribution >= 0.6 is 0 Å². The smallest absolute Gasteiger partial charge is 0.359 e. The summed E-state index contributed by atoms with van der Waals surface area (Å²) >= 11 is 0. The Morgan fingerprint density at radius 2 is 0.923 bits per heavy atom. The van der Waals surface area contributed by atoms with Gasteiger partial charge < -0.3 is 16.9 Å². The van der Waals surface area contributed by atoms with Crippen molar-refractivity contribution in [3.05, 3.63) is 7.43 Å². The molecular weight excluding hydrogens is 159 g/mol. The van der Waals surface area contributed by atoms with Gasteiger partial charge >= 0.3 is 18.9 Å². The maximum Gasteiger partial charge on any atom is 1.00 e. The molecule has 0 aromatic carbocycles. The Morgan fingerprint density at radius 1 is 0.769 bits per heavy atom. The van der Waals surface area contributed by atoms with E-state index in [9.17, 15) is 0 Å². The Labute approximate surface area is 99.6 Å². The Hall–Kier alpha value is 0.517. The van der Waals surface area contributed by atoms with Crippen molar-refractivity contribution in [2.45, 2.75) is 42.5 Å². The van der Waals surface area contributed by atoms with Gasteiger partial charge in [0.05, 0.1) is 0 Å². The van der Waals surface area contributed by atoms with Gasteiger partial charge in [-0.3, -0.25) is 0 Å². The van der Waals surface area contributed by atoms with E-state index in [2.05, 4.69) is 9.47 Å². The second-order valence-corrected chi connectivity index (χ2v) is 0.695. The second-order valence-electron chi connectivity index (χ2n) is 0.695. The molecule has 0 rings (SSSR count). The van der Waals surface area contributed by atoms with Crippen molar-refractivity contribution in [3.8, 4) is 0 Å². The van der Waals surface area contributed by atoms with Crippen LogP contribution in [0.25, 0.3) is 0 Å². The molecule has 0 aromatic heterocycles. The van der Waals surface area contributed by atoms with Crippen molar-refractivity contribution >= 4 is 0 Å². The van der Waals surface area contributed by atoms with Gasteiger partial charge in [0, 0.05) is 14.2 Å². The Kier molecular flexibility index (Phi) is 515. The average Bonchev–Trinajstić information content (AvgIpc) is 1.98. The van der Waals surface area contributed by atoms with Gasteiger partial charge in [0.25, 0.3) is 0 Å². The normalized spacial score (nSPS) is 4.15. The van der Waals surface area contributed by atoms with E-state index in [0.29, 0.717) is 6.79 Å². The Morgan fingerprint density at radius 3 is 0.923 bits per heavy atom. The third-order valence-electron chi connectivity index (χ3n) is 0.236. The molecule has 0 aliphatic rings. The Bertz CT molecular complexity index is 20.4. The van der Waals surface area contributed by atoms with Crippen LogP contribution in [0.1, 0.15) is 42.5 Å². The first-order valence-electron chi connectivity index (χ1n) is 3.39. The monoisotopic (exact) mass is 190 g/mol. The number of hydrogen-bond acceptors (Lipinski definition) is 2. The van der Waals surface area contributed by atoms with Crippen molar-refractivity contribution in [2.24, 2.45) is 0 Å². The molecule has 0 atom stereocenters. The summed E-state index contributed by atoms with van der Waals surface area (Å²) in [6, 6.07) is 0. The molecule has 13 heavy (non-hydrogen) atoms. The zero-order chi connectivity index (χ0) is 8.12. The molecule has 0 radical (unpaired) electrons. The van der Waals surface area contributed by atoms with Crippen LogP contribution in [0, 0.1) is 7.43 Å². The standard InChI is InChI=1S/C3H8O2.2C2H6.2CH4.CH3.Li/c1-4-3-5-2;2*1-2;;;;/h3H2,1-2H3;2*1-2H3;2*1H4;1H3;/q;;;;;-1;+1. The van der Waals surface area contributed by atoms with Gasteiger partial charge in [-0.2, -0.15) is 0 Å². The number of rotatable bonds is 2. The minimum atomic E-state index is 0. The quantitative estimate of drug-likeness (QED) is 0.368. The summed E-state index contributed by atoms with van der Waals surface area (Å²) in [4.78, 5) is 0. The van der Waals surface area contributed by atoms with E-state index in [-0.39, 0.29) is 41.1 Å². The van der Waals surface area contributed by atoms with E-state index in [1.54, 1.807) is 14.2 Å². The topological polar surface area (TPSA) is 18.5 Å². The average molecular weight is 190 g/mol. The summed E-state index contributed by atoms with van der Waals surface area (Å²) in [7, 11) is 3.17. The van der Waals surface area contributed by atoms with Gasteiger partial charge in [0.2, 0.25) is 0 Å². The van der Waals surface area contributed by atoms with Crippen molar-refractivity contribution in [2.75, 3.05) is 21.0 Å². The summed E-state index contributed by atoms with van der Waals surface area (Å²) < 4.78 is 8.94. The maximum atomic E-state index is 4.47. The molecule has 0 unspecified atom stereocenters. The molecular formula is C10H31LiO2. The summed E-state index contributed by atoms with van der Waals surface area (Å²) in [5.74, 6) is 0. The molecule has 0 aliphatic carbocycles. The van der Waals surface area contributed by atoms with Crippen LogP contribution in [0.3, 0.4) is 0 Å². The molecule has 0 bridgehead atoms. The third-order valence-corrected chi connectivity index (χ3v) is 0.236. The number of methoxy groups -OCH3 is 2. The first kappa shape index (κ1) is 49.9. The van der Waals surface area contributed by atoms with Crippen LogP contribution in [0.2, 0.25) is 0 Å². The van der Waals surface area contributed by atoms with Gasteiger partial charge in [-0.1, -0.05) is 42.5 Å². The predicted octanol–water partition coefficient (Wildman–Crippen LogP) is 1.02. The summed E-state index contributed by atoms with van der Waals surface area (Å²) in [6.45, 7) is 8.39. The van der Waals surface area contributed by atoms with Crippen LogP contribution in [-0.4, -0.2) is 21.0 Å². The van der Waals surface area contributed by atoms with E-state index in [1.165, 1.54) is 0 Å². The molecule has 0 saturated carbocycles. The fraction of sp³-hybridized carbons (Fsp3) is 0.900. The zero-order valence-corrected chi connectivity index (χ0v) is 9.52. The summed E-state index contributed by atoms with van der Waals surface area (Å²) in [6.07, 6.45) is 0. The molecule has 0 amide bonds. The second kappa shape index (κ2) is 134. The summed E-state index contributed by atoms with van der Waals surface area (Å²) in [5, 5.41) is 0. The largest absolute Gasteiger partial charge is 1.00 e. The minimum Gasteiger partial charge on any atom is -0.359 e. The van der Waals surface area contributed by atoms with Crippen molar-refractivity contribution in [1.82, 2.24) is 0 Å². The molecule has 0 spiro atoms. The first-order chi connectivity index (χ1) is 4.41. The molecule has 3 heteroatoms. The first-order valence-corrected chi connectivity index (χ1v) is 3.39. The molecule has 0 aliphatic heterocycles. The third kappa shape index (κ3) is 218. The fourth-order valence-electron chi connectivity index (χ4n) is 0.118. The van der Waals surface area contributed by atoms with E-state index in [4.69, 9.17) is 0 Å². The van der Waals surface area contributed by atoms with Gasteiger partial charge in [-0.25, -0.2) is 0 Å². The Balaban J connectivity index is -0.00000000818. The van der Waals surface area contributed by atoms with Gasteiger partial charge in [0.1, 0.15) is 6.79 Å². The zero-order valence-electron chi connectivity index (χ0n) is 9.52. The number of hydrogen-bond donors (Lipinski definition) is 0. The maximum absolute atomic E-state index is 4.47. The van der Waals surface area contributed by atoms with Crippen LogP contribution in [0.15, 0.2) is 0 Å². The van der Waals surface area contributed by atoms with Crippen LogP contribution in [-0.2, 0) is 9.47 Å². The van der Waals surface area contributed by atoms with E-state index in [1.807, 2.05) is 27.7 Å². The van der Waals surface area contributed by atoms with Crippen molar-refractivity contribution < 1.29 is 28.3 Å². The van der Waals surface area contributed by atoms with Gasteiger partial charge in [0.15, 0.2) is 0 Å². The molecule has 0 N–H and O–H groups in total. The van der Waals surface area contributed by atoms with Crippen LogP contribution in [0.5, 0.6) is 0 Å². The van der Waals surface area contributed by atoms with Gasteiger partial charge in [-0.15, -0.1) is 0 Å². The molecule has 0 saturated heterocycles. The van der Waals surface area contributed by atoms with E-state index in [0.717, 1.165) is 0 Å². The summed E-state index contributed by atoms with van der Waals surface area (Å²) in [5.41, 5.74) is 0. The van der Waals surface area contributed by atoms with Crippen molar-refractivity contribution in [1.29, 1.82) is 0 Å². The molecule has 0 heterocycles. The predicted molar refractivity (Wildman–Crippen MR) is 61.5 cm³/mol. The fourth-order valence-corrected chi connectivity index (χ4v) is 0.118. The SMILES string of the molecule is C.C.CC.CC.COCOC.[CH3-].[Li+]. The molecule has 0 aromatic rings. The van der Waals surface area contributed by atoms with Crippen LogP contribution < -0.4 is 18.9 Å². The molecule has 0 fully saturated rings. The van der Waals surface area contributed by atoms with Crippen molar-refractivity contribution in [3.63, 3.8) is 0 Å². The minimum absolute atomic E-state index is 0. The molecule has 2 nitrogen and oxygen atoms in total. The van der Waals surface area contributed by atoms with Crippen LogP contribution in [0.4, 0.5) is 0 Å². The number of ether oxygens (including phenoxy) is 2. The van der Waals surface area contributed by atoms with Gasteiger partial charge in [-0.05, 0) is 0 Å². The molecule has 84 valence electrons.